The van der Waals surface area contributed by atoms with Crippen LogP contribution < -0.4 is 10.1 Å². The zero-order chi connectivity index (χ0) is 12.7. The largest absolute Gasteiger partial charge is 0.475 e. The number of nitriles is 1. The molecule has 3 nitrogen and oxygen atoms in total. The molecule has 1 unspecified atom stereocenters. The molecule has 17 heavy (non-hydrogen) atoms. The van der Waals surface area contributed by atoms with Gasteiger partial charge < -0.3 is 10.1 Å². The van der Waals surface area contributed by atoms with E-state index in [1.54, 1.807) is 0 Å². The molecule has 1 rings (SSSR count). The molecule has 1 aromatic carbocycles. The van der Waals surface area contributed by atoms with Crippen LogP contribution in [-0.4, -0.2) is 12.6 Å². The molecule has 0 amide bonds. The predicted octanol–water partition coefficient (Wildman–Crippen LogP) is 2.79. The molecule has 92 valence electrons. The zero-order valence-electron chi connectivity index (χ0n) is 10.8. The Morgan fingerprint density at radius 3 is 2.76 bits per heavy atom. The van der Waals surface area contributed by atoms with Crippen molar-refractivity contribution in [3.8, 4) is 11.8 Å². The maximum Gasteiger partial charge on any atom is 0.184 e. The van der Waals surface area contributed by atoms with E-state index in [0.29, 0.717) is 6.42 Å². The van der Waals surface area contributed by atoms with Gasteiger partial charge in [0.25, 0.3) is 0 Å². The Kier molecular flexibility index (Phi) is 5.51. The average Bonchev–Trinajstić information content (AvgIpc) is 2.35. The highest BCUT2D eigenvalue weighted by atomic mass is 16.5. The van der Waals surface area contributed by atoms with Gasteiger partial charge in [-0.3, -0.25) is 0 Å². The molecular weight excluding hydrogens is 212 g/mol. The van der Waals surface area contributed by atoms with Crippen LogP contribution in [0.4, 0.5) is 0 Å². The molecule has 0 aliphatic carbocycles. The molecule has 0 saturated heterocycles. The van der Waals surface area contributed by atoms with E-state index < -0.39 is 0 Å². The third-order valence-electron chi connectivity index (χ3n) is 2.57. The summed E-state index contributed by atoms with van der Waals surface area (Å²) in [4.78, 5) is 0. The van der Waals surface area contributed by atoms with Crippen LogP contribution in [0.2, 0.25) is 0 Å². The van der Waals surface area contributed by atoms with Crippen LogP contribution in [-0.2, 0) is 6.54 Å². The molecular formula is C14H20N2O. The van der Waals surface area contributed by atoms with Crippen molar-refractivity contribution in [2.75, 3.05) is 6.54 Å². The van der Waals surface area contributed by atoms with Crippen LogP contribution in [0.25, 0.3) is 0 Å². The van der Waals surface area contributed by atoms with E-state index >= 15 is 0 Å². The molecule has 0 fully saturated rings. The fourth-order valence-electron chi connectivity index (χ4n) is 1.58. The number of aryl methyl sites for hydroxylation is 1. The Morgan fingerprint density at radius 2 is 2.18 bits per heavy atom. The first kappa shape index (κ1) is 13.5. The van der Waals surface area contributed by atoms with Crippen molar-refractivity contribution in [1.82, 2.24) is 5.32 Å². The molecule has 3 heteroatoms. The Morgan fingerprint density at radius 1 is 1.41 bits per heavy atom. The maximum atomic E-state index is 8.92. The van der Waals surface area contributed by atoms with Crippen molar-refractivity contribution in [2.24, 2.45) is 0 Å². The van der Waals surface area contributed by atoms with Gasteiger partial charge in [-0.25, -0.2) is 0 Å². The maximum absolute atomic E-state index is 8.92. The van der Waals surface area contributed by atoms with Crippen molar-refractivity contribution in [3.05, 3.63) is 29.3 Å². The van der Waals surface area contributed by atoms with Gasteiger partial charge in [0, 0.05) is 12.1 Å². The van der Waals surface area contributed by atoms with Gasteiger partial charge >= 0.3 is 0 Å². The summed E-state index contributed by atoms with van der Waals surface area (Å²) in [6, 6.07) is 8.21. The van der Waals surface area contributed by atoms with Crippen molar-refractivity contribution < 1.29 is 4.74 Å². The van der Waals surface area contributed by atoms with Crippen LogP contribution >= 0.6 is 0 Å². The van der Waals surface area contributed by atoms with E-state index in [0.717, 1.165) is 24.4 Å². The van der Waals surface area contributed by atoms with E-state index in [-0.39, 0.29) is 6.10 Å². The normalized spacial score (nSPS) is 11.9. The highest BCUT2D eigenvalue weighted by Gasteiger charge is 2.10. The summed E-state index contributed by atoms with van der Waals surface area (Å²) in [6.07, 6.45) is 0.337. The van der Waals surface area contributed by atoms with Gasteiger partial charge in [0.05, 0.1) is 0 Å². The van der Waals surface area contributed by atoms with Crippen LogP contribution in [0.3, 0.4) is 0 Å². The minimum absolute atomic E-state index is 0.363. The summed E-state index contributed by atoms with van der Waals surface area (Å²) >= 11 is 0. The second-order valence-corrected chi connectivity index (χ2v) is 4.04. The lowest BCUT2D eigenvalue weighted by Gasteiger charge is -2.15. The summed E-state index contributed by atoms with van der Waals surface area (Å²) in [6.45, 7) is 7.77. The van der Waals surface area contributed by atoms with E-state index in [1.165, 1.54) is 5.56 Å². The monoisotopic (exact) mass is 232 g/mol. The smallest absolute Gasteiger partial charge is 0.184 e. The van der Waals surface area contributed by atoms with Crippen LogP contribution in [0.1, 0.15) is 31.4 Å². The molecule has 0 bridgehead atoms. The van der Waals surface area contributed by atoms with E-state index in [9.17, 15) is 0 Å². The highest BCUT2D eigenvalue weighted by Crippen LogP contribution is 2.21. The summed E-state index contributed by atoms with van der Waals surface area (Å²) in [7, 11) is 0. The Bertz CT molecular complexity index is 396. The second kappa shape index (κ2) is 6.93. The van der Waals surface area contributed by atoms with Crippen LogP contribution in [0.15, 0.2) is 18.2 Å². The summed E-state index contributed by atoms with van der Waals surface area (Å²) in [5.74, 6) is 0.810. The zero-order valence-corrected chi connectivity index (χ0v) is 10.8. The van der Waals surface area contributed by atoms with Gasteiger partial charge in [-0.2, -0.15) is 5.26 Å². The van der Waals surface area contributed by atoms with E-state index in [2.05, 4.69) is 31.3 Å². The van der Waals surface area contributed by atoms with Gasteiger partial charge in [0.1, 0.15) is 11.8 Å². The van der Waals surface area contributed by atoms with Gasteiger partial charge in [-0.1, -0.05) is 31.5 Å². The lowest BCUT2D eigenvalue weighted by molar-refractivity contribution is 0.249. The van der Waals surface area contributed by atoms with Crippen LogP contribution in [0.5, 0.6) is 5.75 Å². The van der Waals surface area contributed by atoms with Gasteiger partial charge in [0.15, 0.2) is 6.10 Å². The first-order valence-corrected chi connectivity index (χ1v) is 6.07. The van der Waals surface area contributed by atoms with Crippen molar-refractivity contribution >= 4 is 0 Å². The minimum Gasteiger partial charge on any atom is -0.475 e. The SMILES string of the molecule is CCNCc1cc(C)ccc1OC(C#N)CC. The molecule has 0 radical (unpaired) electrons. The molecule has 1 N–H and O–H groups in total. The topological polar surface area (TPSA) is 45.0 Å². The quantitative estimate of drug-likeness (QED) is 0.820. The van der Waals surface area contributed by atoms with Gasteiger partial charge in [0.2, 0.25) is 0 Å². The highest BCUT2D eigenvalue weighted by molar-refractivity contribution is 5.37. The van der Waals surface area contributed by atoms with E-state index in [4.69, 9.17) is 10.00 Å². The fourth-order valence-corrected chi connectivity index (χ4v) is 1.58. The Balaban J connectivity index is 2.86. The molecule has 0 spiro atoms. The molecule has 1 aromatic rings. The van der Waals surface area contributed by atoms with E-state index in [1.807, 2.05) is 19.1 Å². The molecule has 0 aliphatic rings. The third-order valence-corrected chi connectivity index (χ3v) is 2.57. The number of nitrogens with zero attached hydrogens (tertiary/aromatic N) is 1. The van der Waals surface area contributed by atoms with Crippen molar-refractivity contribution in [1.29, 1.82) is 5.26 Å². The Labute approximate surface area is 103 Å². The standard InChI is InChI=1S/C14H20N2O/c1-4-13(9-15)17-14-7-6-11(3)8-12(14)10-16-5-2/h6-8,13,16H,4-5,10H2,1-3H3. The molecule has 0 heterocycles. The summed E-state index contributed by atoms with van der Waals surface area (Å²) in [5.41, 5.74) is 2.32. The molecule has 1 atom stereocenters. The van der Waals surface area contributed by atoms with Crippen molar-refractivity contribution in [3.63, 3.8) is 0 Å². The minimum atomic E-state index is -0.363. The summed E-state index contributed by atoms with van der Waals surface area (Å²) in [5, 5.41) is 12.2. The van der Waals surface area contributed by atoms with Gasteiger partial charge in [-0.05, 0) is 26.0 Å². The number of hydrogen-bond donors (Lipinski definition) is 1. The van der Waals surface area contributed by atoms with Crippen LogP contribution in [0, 0.1) is 18.3 Å². The lowest BCUT2D eigenvalue weighted by Crippen LogP contribution is -2.17. The summed E-state index contributed by atoms with van der Waals surface area (Å²) < 4.78 is 5.69. The number of ether oxygens (including phenoxy) is 1. The number of benzene rings is 1. The molecule has 0 aliphatic heterocycles. The molecule has 0 saturated carbocycles. The van der Waals surface area contributed by atoms with Crippen molar-refractivity contribution in [2.45, 2.75) is 39.8 Å². The fraction of sp³-hybridized carbons (Fsp3) is 0.500. The second-order valence-electron chi connectivity index (χ2n) is 4.04. The predicted molar refractivity (Wildman–Crippen MR) is 68.9 cm³/mol. The molecule has 0 aromatic heterocycles. The van der Waals surface area contributed by atoms with Gasteiger partial charge in [-0.15, -0.1) is 0 Å². The first-order chi connectivity index (χ1) is 8.21. The third kappa shape index (κ3) is 4.08. The number of hydrogen-bond acceptors (Lipinski definition) is 3. The number of rotatable bonds is 6. The number of nitrogens with one attached hydrogen (secondary N) is 1. The lowest BCUT2D eigenvalue weighted by atomic mass is 10.1. The Hall–Kier alpha value is -1.53. The first-order valence-electron chi connectivity index (χ1n) is 6.07. The average molecular weight is 232 g/mol.